The van der Waals surface area contributed by atoms with Gasteiger partial charge < -0.3 is 10.6 Å². The van der Waals surface area contributed by atoms with E-state index in [-0.39, 0.29) is 11.4 Å². The molecule has 0 saturated carbocycles. The number of rotatable bonds is 1. The van der Waals surface area contributed by atoms with E-state index < -0.39 is 0 Å². The summed E-state index contributed by atoms with van der Waals surface area (Å²) in [6.45, 7) is 0. The smallest absolute Gasteiger partial charge is 0.359 e. The molecule has 0 fully saturated rings. The van der Waals surface area contributed by atoms with E-state index in [2.05, 4.69) is 21.1 Å². The number of hydrogen-bond acceptors (Lipinski definition) is 3. The molecule has 0 atom stereocenters. The predicted molar refractivity (Wildman–Crippen MR) is 90.5 cm³/mol. The van der Waals surface area contributed by atoms with Crippen LogP contribution in [0.3, 0.4) is 0 Å². The Kier molecular flexibility index (Phi) is 3.97. The van der Waals surface area contributed by atoms with Crippen molar-refractivity contribution in [3.63, 3.8) is 0 Å². The van der Waals surface area contributed by atoms with E-state index in [1.54, 1.807) is 16.6 Å². The molecule has 0 aliphatic heterocycles. The molecule has 0 aliphatic carbocycles. The van der Waals surface area contributed by atoms with E-state index in [1.807, 2.05) is 42.5 Å². The molecule has 0 bridgehead atoms. The lowest BCUT2D eigenvalue weighted by Crippen LogP contribution is -2.25. The zero-order valence-corrected chi connectivity index (χ0v) is 14.0. The summed E-state index contributed by atoms with van der Waals surface area (Å²) in [5, 5.41) is 16.7. The van der Waals surface area contributed by atoms with Gasteiger partial charge in [-0.05, 0) is 52.3 Å². The number of pyridine rings is 1. The Labute approximate surface area is 144 Å². The molecule has 2 N–H and O–H groups in total. The average molecular weight is 393 g/mol. The number of para-hydroxylation sites is 1. The molecule has 0 aliphatic rings. The maximum absolute atomic E-state index is 10.5. The second-order valence-corrected chi connectivity index (χ2v) is 6.20. The highest BCUT2D eigenvalue weighted by Gasteiger charge is 2.23. The molecule has 4 rings (SSSR count). The largest absolute Gasteiger partial charge is 0.870 e. The highest BCUT2D eigenvalue weighted by Crippen LogP contribution is 2.27. The predicted octanol–water partition coefficient (Wildman–Crippen LogP) is 3.71. The average Bonchev–Trinajstić information content (AvgIpc) is 2.86. The zero-order chi connectivity index (χ0) is 15.3. The topological polar surface area (TPSA) is 72.2 Å². The molecule has 7 heteroatoms. The second kappa shape index (κ2) is 5.81. The molecule has 5 nitrogen and oxygen atoms in total. The third-order valence-electron chi connectivity index (χ3n) is 3.56. The van der Waals surface area contributed by atoms with Gasteiger partial charge in [-0.15, -0.1) is 0 Å². The van der Waals surface area contributed by atoms with E-state index in [4.69, 9.17) is 11.6 Å². The van der Waals surface area contributed by atoms with Gasteiger partial charge in [0.05, 0.1) is 0 Å². The highest BCUT2D eigenvalue weighted by molar-refractivity contribution is 9.10. The van der Waals surface area contributed by atoms with Gasteiger partial charge in [0.2, 0.25) is 5.52 Å². The van der Waals surface area contributed by atoms with E-state index in [9.17, 15) is 5.11 Å². The molecule has 0 unspecified atom stereocenters. The van der Waals surface area contributed by atoms with E-state index in [1.165, 1.54) is 4.68 Å². The molecule has 4 aromatic rings. The van der Waals surface area contributed by atoms with Gasteiger partial charge in [-0.2, -0.15) is 0 Å². The quantitative estimate of drug-likeness (QED) is 0.502. The lowest BCUT2D eigenvalue weighted by atomic mass is 10.2. The fourth-order valence-electron chi connectivity index (χ4n) is 2.50. The Morgan fingerprint density at radius 2 is 1.74 bits per heavy atom. The third-order valence-corrected chi connectivity index (χ3v) is 4.47. The lowest BCUT2D eigenvalue weighted by Gasteiger charge is -1.97. The maximum atomic E-state index is 10.5. The van der Waals surface area contributed by atoms with Crippen molar-refractivity contribution in [2.45, 2.75) is 0 Å². The van der Waals surface area contributed by atoms with Crippen LogP contribution in [0.5, 0.6) is 5.88 Å². The number of aromatic nitrogens is 3. The van der Waals surface area contributed by atoms with Crippen LogP contribution < -0.4 is 4.52 Å². The number of fused-ring (bicyclic) bond motifs is 3. The Bertz CT molecular complexity index is 1020. The summed E-state index contributed by atoms with van der Waals surface area (Å²) in [4.78, 5) is 0. The highest BCUT2D eigenvalue weighted by atomic mass is 79.9. The summed E-state index contributed by atoms with van der Waals surface area (Å²) >= 11 is 9.46. The number of aromatic hydroxyl groups is 1. The fourth-order valence-corrected chi connectivity index (χ4v) is 3.18. The van der Waals surface area contributed by atoms with Crippen molar-refractivity contribution in [2.24, 2.45) is 0 Å². The normalized spacial score (nSPS) is 10.9. The first kappa shape index (κ1) is 15.7. The molecule has 116 valence electrons. The van der Waals surface area contributed by atoms with Crippen LogP contribution in [-0.2, 0) is 0 Å². The van der Waals surface area contributed by atoms with Crippen LogP contribution in [0.2, 0.25) is 5.02 Å². The fraction of sp³-hybridized carbons (Fsp3) is 0. The van der Waals surface area contributed by atoms with Gasteiger partial charge in [0, 0.05) is 20.9 Å². The number of benzene rings is 2. The first-order valence-corrected chi connectivity index (χ1v) is 7.79. The van der Waals surface area contributed by atoms with E-state index >= 15 is 0 Å². The Morgan fingerprint density at radius 3 is 2.48 bits per heavy atom. The van der Waals surface area contributed by atoms with Crippen LogP contribution in [0.4, 0.5) is 0 Å². The standard InChI is InChI=1S/C16H9BrClN3O.H2O/c17-13-9-15-16(22)20(11-7-5-10(18)6-8-11)19-21(15)14-4-2-1-3-12(13)14;/h1-9H;1H2. The van der Waals surface area contributed by atoms with Crippen LogP contribution in [-0.4, -0.2) is 20.5 Å². The number of nitrogens with zero attached hydrogens (tertiary/aromatic N) is 3. The van der Waals surface area contributed by atoms with Crippen molar-refractivity contribution in [3.8, 4) is 11.6 Å². The maximum Gasteiger partial charge on any atom is 0.359 e. The van der Waals surface area contributed by atoms with Gasteiger partial charge in [0.1, 0.15) is 5.21 Å². The minimum absolute atomic E-state index is 0. The Hall–Kier alpha value is -2.15. The van der Waals surface area contributed by atoms with Crippen molar-refractivity contribution in [1.29, 1.82) is 0 Å². The molecule has 0 radical (unpaired) electrons. The molecule has 0 amide bonds. The van der Waals surface area contributed by atoms with Gasteiger partial charge >= 0.3 is 5.88 Å². The number of hydrogen-bond donors (Lipinski definition) is 1. The molecule has 2 heterocycles. The van der Waals surface area contributed by atoms with Crippen molar-refractivity contribution >= 4 is 44.0 Å². The minimum Gasteiger partial charge on any atom is -0.870 e. The van der Waals surface area contributed by atoms with Crippen LogP contribution >= 0.6 is 27.5 Å². The summed E-state index contributed by atoms with van der Waals surface area (Å²) in [5.41, 5.74) is 2.28. The van der Waals surface area contributed by atoms with E-state index in [0.717, 1.165) is 21.1 Å². The van der Waals surface area contributed by atoms with Crippen LogP contribution in [0, 0.1) is 0 Å². The molecular formula is C16H11BrClN3O2. The molecule has 0 saturated heterocycles. The summed E-state index contributed by atoms with van der Waals surface area (Å²) < 4.78 is 4.13. The molecular weight excluding hydrogens is 382 g/mol. The zero-order valence-electron chi connectivity index (χ0n) is 11.7. The molecule has 2 aromatic heterocycles. The van der Waals surface area contributed by atoms with Crippen LogP contribution in [0.15, 0.2) is 59.1 Å². The number of halogens is 2. The summed E-state index contributed by atoms with van der Waals surface area (Å²) in [6, 6.07) is 16.9. The lowest BCUT2D eigenvalue weighted by molar-refractivity contribution is -0.555. The minimum atomic E-state index is 0. The Balaban J connectivity index is 0.00000156. The van der Waals surface area contributed by atoms with Gasteiger partial charge in [-0.1, -0.05) is 32.9 Å². The second-order valence-electron chi connectivity index (χ2n) is 4.91. The molecule has 0 spiro atoms. The third kappa shape index (κ3) is 2.45. The van der Waals surface area contributed by atoms with Gasteiger partial charge in [0.25, 0.3) is 0 Å². The molecule has 2 aromatic carbocycles. The summed E-state index contributed by atoms with van der Waals surface area (Å²) in [6.07, 6.45) is 0. The molecule has 23 heavy (non-hydrogen) atoms. The SMILES string of the molecule is Oc1c2cc(Br)c3ccccc3[n+]2nn1-c1ccc(Cl)cc1.[OH-]. The van der Waals surface area contributed by atoms with E-state index in [0.29, 0.717) is 10.5 Å². The first-order valence-electron chi connectivity index (χ1n) is 6.62. The van der Waals surface area contributed by atoms with Gasteiger partial charge in [-0.3, -0.25) is 0 Å². The monoisotopic (exact) mass is 391 g/mol. The van der Waals surface area contributed by atoms with Gasteiger partial charge in [-0.25, -0.2) is 0 Å². The van der Waals surface area contributed by atoms with Crippen molar-refractivity contribution in [1.82, 2.24) is 9.90 Å². The van der Waals surface area contributed by atoms with Crippen LogP contribution in [0.25, 0.3) is 22.1 Å². The van der Waals surface area contributed by atoms with Gasteiger partial charge in [0.15, 0.2) is 11.2 Å². The first-order chi connectivity index (χ1) is 10.6. The summed E-state index contributed by atoms with van der Waals surface area (Å²) in [5.74, 6) is 0.0776. The van der Waals surface area contributed by atoms with Crippen molar-refractivity contribution < 1.29 is 15.1 Å². The van der Waals surface area contributed by atoms with Crippen molar-refractivity contribution in [2.75, 3.05) is 0 Å². The summed E-state index contributed by atoms with van der Waals surface area (Å²) in [7, 11) is 0. The van der Waals surface area contributed by atoms with Crippen LogP contribution in [0.1, 0.15) is 0 Å². The Morgan fingerprint density at radius 1 is 1.04 bits per heavy atom. The van der Waals surface area contributed by atoms with Crippen molar-refractivity contribution in [3.05, 3.63) is 64.1 Å².